The fourth-order valence-electron chi connectivity index (χ4n) is 4.11. The molecule has 1 atom stereocenters. The zero-order valence-corrected chi connectivity index (χ0v) is 15.7. The summed E-state index contributed by atoms with van der Waals surface area (Å²) in [6.45, 7) is 7.47. The van der Waals surface area contributed by atoms with Crippen LogP contribution in [0.3, 0.4) is 0 Å². The van der Waals surface area contributed by atoms with Crippen molar-refractivity contribution in [3.63, 3.8) is 0 Å². The van der Waals surface area contributed by atoms with E-state index in [-0.39, 0.29) is 17.3 Å². The number of hydrogen-bond acceptors (Lipinski definition) is 6. The van der Waals surface area contributed by atoms with Crippen molar-refractivity contribution in [1.29, 1.82) is 0 Å². The average Bonchev–Trinajstić information content (AvgIpc) is 2.61. The maximum Gasteiger partial charge on any atom is 0.320 e. The second-order valence-electron chi connectivity index (χ2n) is 7.52. The second kappa shape index (κ2) is 8.12. The number of carbonyl (C=O) groups excluding carboxylic acids is 2. The summed E-state index contributed by atoms with van der Waals surface area (Å²) in [5.41, 5.74) is 1.76. The van der Waals surface area contributed by atoms with Crippen molar-refractivity contribution in [3.05, 3.63) is 23.8 Å². The molecule has 1 aromatic heterocycles. The van der Waals surface area contributed by atoms with Crippen molar-refractivity contribution < 1.29 is 14.3 Å². The molecule has 0 aromatic carbocycles. The molecule has 0 bridgehead atoms. The van der Waals surface area contributed by atoms with Gasteiger partial charge in [-0.05, 0) is 39.7 Å². The lowest BCUT2D eigenvalue weighted by Crippen LogP contribution is -2.54. The molecule has 2 aliphatic rings. The van der Waals surface area contributed by atoms with Gasteiger partial charge in [0.25, 0.3) is 0 Å². The van der Waals surface area contributed by atoms with Gasteiger partial charge in [-0.25, -0.2) is 0 Å². The highest BCUT2D eigenvalue weighted by atomic mass is 16.5. The zero-order valence-electron chi connectivity index (χ0n) is 15.7. The van der Waals surface area contributed by atoms with E-state index in [2.05, 4.69) is 14.9 Å². The van der Waals surface area contributed by atoms with Crippen LogP contribution in [-0.4, -0.2) is 64.4 Å². The third-order valence-corrected chi connectivity index (χ3v) is 5.33. The zero-order chi connectivity index (χ0) is 18.6. The highest BCUT2D eigenvalue weighted by molar-refractivity contribution is 5.77. The number of aryl methyl sites for hydroxylation is 1. The molecule has 7 nitrogen and oxygen atoms in total. The van der Waals surface area contributed by atoms with Crippen molar-refractivity contribution in [2.75, 3.05) is 32.8 Å². The third-order valence-electron chi connectivity index (χ3n) is 5.33. The van der Waals surface area contributed by atoms with Gasteiger partial charge >= 0.3 is 5.97 Å². The van der Waals surface area contributed by atoms with E-state index in [4.69, 9.17) is 4.74 Å². The van der Waals surface area contributed by atoms with E-state index >= 15 is 0 Å². The number of hydrogen-bond donors (Lipinski definition) is 0. The fourth-order valence-corrected chi connectivity index (χ4v) is 4.11. The smallest absolute Gasteiger partial charge is 0.320 e. The molecule has 0 radical (unpaired) electrons. The molecule has 0 saturated carbocycles. The lowest BCUT2D eigenvalue weighted by Gasteiger charge is -2.48. The first-order valence-corrected chi connectivity index (χ1v) is 9.43. The van der Waals surface area contributed by atoms with Gasteiger partial charge in [0.1, 0.15) is 0 Å². The van der Waals surface area contributed by atoms with Gasteiger partial charge in [0.05, 0.1) is 37.3 Å². The van der Waals surface area contributed by atoms with Gasteiger partial charge in [0.15, 0.2) is 0 Å². The molecule has 142 valence electrons. The van der Waals surface area contributed by atoms with E-state index < -0.39 is 0 Å². The van der Waals surface area contributed by atoms with Crippen LogP contribution in [0.15, 0.2) is 12.4 Å². The molecule has 3 rings (SSSR count). The van der Waals surface area contributed by atoms with Crippen LogP contribution in [0.5, 0.6) is 0 Å². The largest absolute Gasteiger partial charge is 0.465 e. The Morgan fingerprint density at radius 1 is 1.27 bits per heavy atom. The van der Waals surface area contributed by atoms with Crippen LogP contribution in [0.2, 0.25) is 0 Å². The Labute approximate surface area is 154 Å². The molecular weight excluding hydrogens is 332 g/mol. The molecule has 0 unspecified atom stereocenters. The SMILES string of the molecule is CCOC(=O)CN1CCC[C@@]2(CCC(=O)N(Cc3cnc(C)cn3)C2)C1. The number of aromatic nitrogens is 2. The Morgan fingerprint density at radius 2 is 2.12 bits per heavy atom. The molecule has 0 aliphatic carbocycles. The molecule has 26 heavy (non-hydrogen) atoms. The maximum absolute atomic E-state index is 12.4. The number of nitrogens with zero attached hydrogens (tertiary/aromatic N) is 4. The van der Waals surface area contributed by atoms with Crippen LogP contribution in [0.1, 0.15) is 44.0 Å². The fraction of sp³-hybridized carbons (Fsp3) is 0.684. The Morgan fingerprint density at radius 3 is 2.85 bits per heavy atom. The Hall–Kier alpha value is -2.02. The van der Waals surface area contributed by atoms with Gasteiger partial charge in [-0.3, -0.25) is 24.5 Å². The van der Waals surface area contributed by atoms with Crippen LogP contribution in [0.25, 0.3) is 0 Å². The molecule has 1 aromatic rings. The van der Waals surface area contributed by atoms with Crippen molar-refractivity contribution in [3.8, 4) is 0 Å². The predicted molar refractivity (Wildman–Crippen MR) is 96.2 cm³/mol. The minimum atomic E-state index is -0.164. The molecule has 0 N–H and O–H groups in total. The standard InChI is InChI=1S/C19H28N4O3/c1-3-26-18(25)12-22-8-4-6-19(13-22)7-5-17(24)23(14-19)11-16-10-20-15(2)9-21-16/h9-10H,3-8,11-14H2,1-2H3/t19-/m1/s1. The van der Waals surface area contributed by atoms with E-state index in [1.807, 2.05) is 18.7 Å². The average molecular weight is 360 g/mol. The summed E-state index contributed by atoms with van der Waals surface area (Å²) in [6, 6.07) is 0. The minimum absolute atomic E-state index is 0.0663. The summed E-state index contributed by atoms with van der Waals surface area (Å²) >= 11 is 0. The molecule has 1 spiro atoms. The van der Waals surface area contributed by atoms with Crippen molar-refractivity contribution in [2.45, 2.75) is 46.1 Å². The first-order valence-electron chi connectivity index (χ1n) is 9.43. The first kappa shape index (κ1) is 18.8. The van der Waals surface area contributed by atoms with Crippen LogP contribution in [0, 0.1) is 12.3 Å². The van der Waals surface area contributed by atoms with Crippen LogP contribution < -0.4 is 0 Å². The topological polar surface area (TPSA) is 75.6 Å². The van der Waals surface area contributed by atoms with Crippen LogP contribution >= 0.6 is 0 Å². The van der Waals surface area contributed by atoms with Gasteiger partial charge in [-0.1, -0.05) is 0 Å². The first-order chi connectivity index (χ1) is 12.5. The Balaban J connectivity index is 1.64. The van der Waals surface area contributed by atoms with E-state index in [0.29, 0.717) is 26.1 Å². The number of ether oxygens (including phenoxy) is 1. The number of amides is 1. The molecule has 1 amide bonds. The maximum atomic E-state index is 12.4. The number of carbonyl (C=O) groups is 2. The molecule has 7 heteroatoms. The summed E-state index contributed by atoms with van der Waals surface area (Å²) in [4.78, 5) is 37.0. The van der Waals surface area contributed by atoms with Gasteiger partial charge in [0.2, 0.25) is 5.91 Å². The lowest BCUT2D eigenvalue weighted by atomic mass is 9.73. The van der Waals surface area contributed by atoms with Crippen LogP contribution in [0.4, 0.5) is 0 Å². The third kappa shape index (κ3) is 4.58. The van der Waals surface area contributed by atoms with Crippen molar-refractivity contribution in [2.24, 2.45) is 5.41 Å². The highest BCUT2D eigenvalue weighted by Crippen LogP contribution is 2.39. The van der Waals surface area contributed by atoms with Gasteiger partial charge in [-0.15, -0.1) is 0 Å². The quantitative estimate of drug-likeness (QED) is 0.742. The number of piperidine rings is 2. The predicted octanol–water partition coefficient (Wildman–Crippen LogP) is 1.55. The van der Waals surface area contributed by atoms with E-state index in [1.54, 1.807) is 12.4 Å². The minimum Gasteiger partial charge on any atom is -0.465 e. The number of likely N-dealkylation sites (tertiary alicyclic amines) is 2. The monoisotopic (exact) mass is 360 g/mol. The molecule has 2 saturated heterocycles. The molecule has 3 heterocycles. The summed E-state index contributed by atoms with van der Waals surface area (Å²) in [5.74, 6) is 0.0173. The summed E-state index contributed by atoms with van der Waals surface area (Å²) in [7, 11) is 0. The van der Waals surface area contributed by atoms with Gasteiger partial charge < -0.3 is 9.64 Å². The van der Waals surface area contributed by atoms with Gasteiger partial charge in [0, 0.05) is 31.1 Å². The normalized spacial score (nSPS) is 24.1. The molecule has 2 fully saturated rings. The Bertz CT molecular complexity index is 649. The number of esters is 1. The number of rotatable bonds is 5. The van der Waals surface area contributed by atoms with Crippen molar-refractivity contribution in [1.82, 2.24) is 19.8 Å². The van der Waals surface area contributed by atoms with Crippen molar-refractivity contribution >= 4 is 11.9 Å². The summed E-state index contributed by atoms with van der Waals surface area (Å²) in [6.07, 6.45) is 7.08. The van der Waals surface area contributed by atoms with Crippen LogP contribution in [-0.2, 0) is 20.9 Å². The summed E-state index contributed by atoms with van der Waals surface area (Å²) < 4.78 is 5.09. The second-order valence-corrected chi connectivity index (χ2v) is 7.52. The summed E-state index contributed by atoms with van der Waals surface area (Å²) in [5, 5.41) is 0. The van der Waals surface area contributed by atoms with E-state index in [9.17, 15) is 9.59 Å². The van der Waals surface area contributed by atoms with Gasteiger partial charge in [-0.2, -0.15) is 0 Å². The lowest BCUT2D eigenvalue weighted by molar-refractivity contribution is -0.147. The molecule has 2 aliphatic heterocycles. The highest BCUT2D eigenvalue weighted by Gasteiger charge is 2.42. The van der Waals surface area contributed by atoms with E-state index in [0.717, 1.165) is 50.3 Å². The van der Waals surface area contributed by atoms with E-state index in [1.165, 1.54) is 0 Å². The molecular formula is C19H28N4O3. The Kier molecular flexibility index (Phi) is 5.86.